The summed E-state index contributed by atoms with van der Waals surface area (Å²) in [4.78, 5) is 24.4. The predicted molar refractivity (Wildman–Crippen MR) is 63.0 cm³/mol. The molecule has 0 heterocycles. The number of carbonyl (C=O) groups is 2. The lowest BCUT2D eigenvalue weighted by atomic mass is 9.83. The standard InChI is InChI=1S/C14H7FO4/c15-8-5-4-7-11(13(8)18)14(19)10-6(12(7)17)2-1-3-9(10)16/h1-5,16,18H. The Morgan fingerprint density at radius 2 is 1.53 bits per heavy atom. The minimum Gasteiger partial charge on any atom is -0.507 e. The van der Waals surface area contributed by atoms with Crippen molar-refractivity contribution in [3.05, 3.63) is 58.4 Å². The highest BCUT2D eigenvalue weighted by molar-refractivity contribution is 6.30. The Morgan fingerprint density at radius 1 is 0.842 bits per heavy atom. The molecule has 0 atom stereocenters. The monoisotopic (exact) mass is 258 g/mol. The van der Waals surface area contributed by atoms with E-state index in [1.807, 2.05) is 0 Å². The number of fused-ring (bicyclic) bond motifs is 2. The van der Waals surface area contributed by atoms with Crippen molar-refractivity contribution in [2.75, 3.05) is 0 Å². The van der Waals surface area contributed by atoms with Gasteiger partial charge < -0.3 is 10.2 Å². The first-order valence-electron chi connectivity index (χ1n) is 5.45. The number of ketones is 2. The molecular weight excluding hydrogens is 251 g/mol. The average Bonchev–Trinajstić information content (AvgIpc) is 2.39. The van der Waals surface area contributed by atoms with Crippen LogP contribution in [0.15, 0.2) is 30.3 Å². The molecule has 0 radical (unpaired) electrons. The third-order valence-electron chi connectivity index (χ3n) is 3.11. The minimum atomic E-state index is -0.987. The van der Waals surface area contributed by atoms with Crippen LogP contribution in [0.25, 0.3) is 0 Å². The van der Waals surface area contributed by atoms with Gasteiger partial charge in [0.2, 0.25) is 5.78 Å². The van der Waals surface area contributed by atoms with E-state index < -0.39 is 28.7 Å². The summed E-state index contributed by atoms with van der Waals surface area (Å²) in [7, 11) is 0. The number of phenols is 2. The fraction of sp³-hybridized carbons (Fsp3) is 0. The van der Waals surface area contributed by atoms with E-state index in [1.54, 1.807) is 0 Å². The fourth-order valence-corrected chi connectivity index (χ4v) is 2.22. The van der Waals surface area contributed by atoms with Crippen LogP contribution in [-0.4, -0.2) is 21.8 Å². The number of hydrogen-bond donors (Lipinski definition) is 2. The lowest BCUT2D eigenvalue weighted by molar-refractivity contribution is 0.0973. The second kappa shape index (κ2) is 3.65. The Labute approximate surface area is 106 Å². The van der Waals surface area contributed by atoms with Gasteiger partial charge in [-0.1, -0.05) is 12.1 Å². The summed E-state index contributed by atoms with van der Waals surface area (Å²) in [5.41, 5.74) is -0.634. The number of halogens is 1. The van der Waals surface area contributed by atoms with Crippen molar-refractivity contribution in [1.29, 1.82) is 0 Å². The Kier molecular flexibility index (Phi) is 2.19. The molecule has 1 aliphatic carbocycles. The third kappa shape index (κ3) is 1.38. The first kappa shape index (κ1) is 11.4. The number of carbonyl (C=O) groups excluding carboxylic acids is 2. The van der Waals surface area contributed by atoms with Gasteiger partial charge in [-0.15, -0.1) is 0 Å². The maximum atomic E-state index is 13.3. The van der Waals surface area contributed by atoms with Crippen LogP contribution < -0.4 is 0 Å². The van der Waals surface area contributed by atoms with E-state index in [0.29, 0.717) is 0 Å². The van der Waals surface area contributed by atoms with Crippen LogP contribution in [0.4, 0.5) is 4.39 Å². The molecule has 0 unspecified atom stereocenters. The van der Waals surface area contributed by atoms with E-state index in [4.69, 9.17) is 0 Å². The van der Waals surface area contributed by atoms with Crippen molar-refractivity contribution in [2.24, 2.45) is 0 Å². The molecule has 0 saturated carbocycles. The van der Waals surface area contributed by atoms with E-state index in [1.165, 1.54) is 18.2 Å². The SMILES string of the molecule is O=C1c2cccc(O)c2C(=O)c2c1ccc(F)c2O. The number of benzene rings is 2. The molecule has 0 amide bonds. The first-order valence-corrected chi connectivity index (χ1v) is 5.45. The van der Waals surface area contributed by atoms with Crippen LogP contribution >= 0.6 is 0 Å². The van der Waals surface area contributed by atoms with Crippen LogP contribution in [0.2, 0.25) is 0 Å². The summed E-state index contributed by atoms with van der Waals surface area (Å²) in [5.74, 6) is -3.52. The normalized spacial score (nSPS) is 13.1. The van der Waals surface area contributed by atoms with Gasteiger partial charge in [0.1, 0.15) is 5.75 Å². The number of rotatable bonds is 0. The molecule has 5 heteroatoms. The number of phenolic OH excluding ortho intramolecular Hbond substituents is 2. The van der Waals surface area contributed by atoms with Gasteiger partial charge in [0.05, 0.1) is 11.1 Å². The van der Waals surface area contributed by atoms with E-state index in [0.717, 1.165) is 12.1 Å². The maximum Gasteiger partial charge on any atom is 0.202 e. The molecule has 0 aromatic heterocycles. The Balaban J connectivity index is 2.40. The van der Waals surface area contributed by atoms with Crippen molar-refractivity contribution in [3.63, 3.8) is 0 Å². The Morgan fingerprint density at radius 3 is 2.26 bits per heavy atom. The van der Waals surface area contributed by atoms with E-state index >= 15 is 0 Å². The highest BCUT2D eigenvalue weighted by Gasteiger charge is 2.34. The van der Waals surface area contributed by atoms with Gasteiger partial charge in [-0.25, -0.2) is 4.39 Å². The van der Waals surface area contributed by atoms with Gasteiger partial charge in [-0.2, -0.15) is 0 Å². The number of aromatic hydroxyl groups is 2. The second-order valence-electron chi connectivity index (χ2n) is 4.18. The zero-order valence-corrected chi connectivity index (χ0v) is 9.48. The van der Waals surface area contributed by atoms with Gasteiger partial charge in [-0.3, -0.25) is 9.59 Å². The van der Waals surface area contributed by atoms with Crippen LogP contribution in [0.1, 0.15) is 31.8 Å². The maximum absolute atomic E-state index is 13.3. The smallest absolute Gasteiger partial charge is 0.202 e. The van der Waals surface area contributed by atoms with Crippen molar-refractivity contribution >= 4 is 11.6 Å². The summed E-state index contributed by atoms with van der Waals surface area (Å²) in [6, 6.07) is 6.17. The van der Waals surface area contributed by atoms with Gasteiger partial charge in [0.15, 0.2) is 17.3 Å². The van der Waals surface area contributed by atoms with E-state index in [9.17, 15) is 24.2 Å². The molecule has 2 aromatic rings. The highest BCUT2D eigenvalue weighted by atomic mass is 19.1. The third-order valence-corrected chi connectivity index (χ3v) is 3.11. The van der Waals surface area contributed by atoms with Gasteiger partial charge in [0, 0.05) is 11.1 Å². The molecule has 0 fully saturated rings. The second-order valence-corrected chi connectivity index (χ2v) is 4.18. The zero-order chi connectivity index (χ0) is 13.7. The molecule has 2 aromatic carbocycles. The predicted octanol–water partition coefficient (Wildman–Crippen LogP) is 2.01. The molecule has 3 rings (SSSR count). The summed E-state index contributed by atoms with van der Waals surface area (Å²) >= 11 is 0. The molecule has 4 nitrogen and oxygen atoms in total. The molecule has 94 valence electrons. The van der Waals surface area contributed by atoms with Crippen LogP contribution in [-0.2, 0) is 0 Å². The molecule has 0 aliphatic heterocycles. The molecule has 0 spiro atoms. The van der Waals surface area contributed by atoms with E-state index in [2.05, 4.69) is 0 Å². The van der Waals surface area contributed by atoms with Crippen molar-refractivity contribution < 1.29 is 24.2 Å². The Hall–Kier alpha value is -2.69. The molecule has 2 N–H and O–H groups in total. The van der Waals surface area contributed by atoms with Crippen molar-refractivity contribution in [3.8, 4) is 11.5 Å². The Bertz CT molecular complexity index is 749. The molecule has 0 saturated heterocycles. The summed E-state index contributed by atoms with van der Waals surface area (Å²) in [6.07, 6.45) is 0. The van der Waals surface area contributed by atoms with Gasteiger partial charge >= 0.3 is 0 Å². The molecule has 19 heavy (non-hydrogen) atoms. The lowest BCUT2D eigenvalue weighted by Crippen LogP contribution is -2.21. The minimum absolute atomic E-state index is 0.0449. The average molecular weight is 258 g/mol. The first-order chi connectivity index (χ1) is 9.02. The largest absolute Gasteiger partial charge is 0.507 e. The zero-order valence-electron chi connectivity index (χ0n) is 9.48. The van der Waals surface area contributed by atoms with Crippen LogP contribution in [0, 0.1) is 5.82 Å². The van der Waals surface area contributed by atoms with Crippen LogP contribution in [0.3, 0.4) is 0 Å². The lowest BCUT2D eigenvalue weighted by Gasteiger charge is -2.19. The topological polar surface area (TPSA) is 74.6 Å². The van der Waals surface area contributed by atoms with Gasteiger partial charge in [0.25, 0.3) is 0 Å². The fourth-order valence-electron chi connectivity index (χ4n) is 2.22. The summed E-state index contributed by atoms with van der Waals surface area (Å²) in [5, 5.41) is 19.3. The van der Waals surface area contributed by atoms with Crippen LogP contribution in [0.5, 0.6) is 11.5 Å². The van der Waals surface area contributed by atoms with Crippen molar-refractivity contribution in [1.82, 2.24) is 0 Å². The van der Waals surface area contributed by atoms with E-state index in [-0.39, 0.29) is 22.4 Å². The quantitative estimate of drug-likeness (QED) is 0.646. The summed E-state index contributed by atoms with van der Waals surface area (Å²) in [6.45, 7) is 0. The van der Waals surface area contributed by atoms with Gasteiger partial charge in [-0.05, 0) is 18.2 Å². The van der Waals surface area contributed by atoms with Crippen molar-refractivity contribution in [2.45, 2.75) is 0 Å². The number of hydrogen-bond acceptors (Lipinski definition) is 4. The molecule has 0 bridgehead atoms. The summed E-state index contributed by atoms with van der Waals surface area (Å²) < 4.78 is 13.3. The highest BCUT2D eigenvalue weighted by Crippen LogP contribution is 2.37. The molecule has 1 aliphatic rings. The molecular formula is C14H7FO4.